The number of unbranched alkanes of at least 4 members (excludes halogenated alkanes) is 2. The first-order valence-corrected chi connectivity index (χ1v) is 14.7. The van der Waals surface area contributed by atoms with Gasteiger partial charge in [0, 0.05) is 18.4 Å². The minimum Gasteiger partial charge on any atom is -0.475 e. The molecule has 0 unspecified atom stereocenters. The van der Waals surface area contributed by atoms with Crippen LogP contribution < -0.4 is 5.32 Å². The molecule has 3 fully saturated rings. The Morgan fingerprint density at radius 3 is 2.28 bits per heavy atom. The Bertz CT molecular complexity index is 1400. The molecule has 4 heterocycles. The van der Waals surface area contributed by atoms with Crippen LogP contribution in [0, 0.1) is 5.41 Å². The van der Waals surface area contributed by atoms with E-state index in [-0.39, 0.29) is 17.4 Å². The smallest absolute Gasteiger partial charge is 0.475 e. The van der Waals surface area contributed by atoms with Crippen LogP contribution in [0.1, 0.15) is 76.6 Å². The van der Waals surface area contributed by atoms with E-state index in [1.807, 2.05) is 25.1 Å². The Balaban J connectivity index is 0.000000541. The monoisotopic (exact) mass is 602 g/mol. The number of ketones is 1. The number of benzene rings is 2. The van der Waals surface area contributed by atoms with Crippen LogP contribution in [0.15, 0.2) is 46.9 Å². The van der Waals surface area contributed by atoms with E-state index in [0.717, 1.165) is 74.5 Å². The van der Waals surface area contributed by atoms with Crippen molar-refractivity contribution in [3.05, 3.63) is 48.4 Å². The van der Waals surface area contributed by atoms with Crippen molar-refractivity contribution in [3.8, 4) is 11.5 Å². The maximum Gasteiger partial charge on any atom is 0.490 e. The highest BCUT2D eigenvalue weighted by Crippen LogP contribution is 2.41. The lowest BCUT2D eigenvalue weighted by Crippen LogP contribution is -2.55. The van der Waals surface area contributed by atoms with Gasteiger partial charge in [0.25, 0.3) is 0 Å². The Labute approximate surface area is 247 Å². The van der Waals surface area contributed by atoms with Gasteiger partial charge in [-0.1, -0.05) is 50.1 Å². The molecule has 3 aromatic rings. The predicted molar refractivity (Wildman–Crippen MR) is 153 cm³/mol. The average Bonchev–Trinajstić information content (AvgIpc) is 3.51. The molecule has 6 rings (SSSR count). The number of carbonyl (C=O) groups excluding carboxylic acids is 2. The largest absolute Gasteiger partial charge is 0.490 e. The number of alkyl halides is 3. The van der Waals surface area contributed by atoms with Crippen molar-refractivity contribution in [3.63, 3.8) is 0 Å². The summed E-state index contributed by atoms with van der Waals surface area (Å²) in [6.07, 6.45) is 2.29. The topological polar surface area (TPSA) is 126 Å². The number of fused-ring (bicyclic) bond motifs is 4. The van der Waals surface area contributed by atoms with Crippen molar-refractivity contribution in [2.24, 2.45) is 5.41 Å². The van der Waals surface area contributed by atoms with Crippen molar-refractivity contribution >= 4 is 28.4 Å². The molecule has 43 heavy (non-hydrogen) atoms. The van der Waals surface area contributed by atoms with Crippen LogP contribution in [0.3, 0.4) is 0 Å². The summed E-state index contributed by atoms with van der Waals surface area (Å²) in [5.41, 5.74) is 0.593. The molecular weight excluding hydrogens is 565 g/mol. The van der Waals surface area contributed by atoms with Gasteiger partial charge in [-0.15, -0.1) is 10.2 Å². The highest BCUT2D eigenvalue weighted by molar-refractivity contribution is 5.86. The van der Waals surface area contributed by atoms with Crippen LogP contribution in [0.2, 0.25) is 0 Å². The summed E-state index contributed by atoms with van der Waals surface area (Å²) in [6, 6.07) is 14.0. The molecule has 2 bridgehead atoms. The van der Waals surface area contributed by atoms with Crippen LogP contribution in [-0.4, -0.2) is 63.7 Å². The fraction of sp³-hybridized carbons (Fsp3) is 0.516. The Kier molecular flexibility index (Phi) is 10.5. The molecule has 2 N–H and O–H groups in total. The van der Waals surface area contributed by atoms with E-state index in [0.29, 0.717) is 36.8 Å². The maximum absolute atomic E-state index is 13.5. The first-order valence-electron chi connectivity index (χ1n) is 14.7. The number of carboxylic acid groups (broad SMARTS) is 1. The normalized spacial score (nSPS) is 20.2. The number of piperidine rings is 3. The number of hydrogen-bond acceptors (Lipinski definition) is 7. The molecule has 0 saturated carbocycles. The van der Waals surface area contributed by atoms with E-state index in [1.54, 1.807) is 0 Å². The number of nitrogens with one attached hydrogen (secondary N) is 1. The molecule has 1 amide bonds. The summed E-state index contributed by atoms with van der Waals surface area (Å²) >= 11 is 0. The maximum atomic E-state index is 13.5. The molecule has 0 radical (unpaired) electrons. The highest BCUT2D eigenvalue weighted by Gasteiger charge is 2.45. The van der Waals surface area contributed by atoms with Crippen LogP contribution >= 0.6 is 0 Å². The summed E-state index contributed by atoms with van der Waals surface area (Å²) in [5.74, 6) is -1.40. The van der Waals surface area contributed by atoms with E-state index in [2.05, 4.69) is 44.7 Å². The number of Topliss-reactive ketones (excluding diaryl/α,β-unsaturated/α-hetero) is 1. The van der Waals surface area contributed by atoms with Crippen molar-refractivity contribution in [1.29, 1.82) is 0 Å². The third-order valence-electron chi connectivity index (χ3n) is 8.33. The average molecular weight is 603 g/mol. The molecule has 0 aliphatic carbocycles. The fourth-order valence-corrected chi connectivity index (χ4v) is 5.57. The summed E-state index contributed by atoms with van der Waals surface area (Å²) in [5, 5.41) is 21.4. The van der Waals surface area contributed by atoms with Crippen LogP contribution in [0.25, 0.3) is 22.2 Å². The number of aromatic nitrogens is 2. The highest BCUT2D eigenvalue weighted by atomic mass is 19.4. The van der Waals surface area contributed by atoms with E-state index >= 15 is 0 Å². The van der Waals surface area contributed by atoms with Gasteiger partial charge < -0.3 is 19.7 Å². The zero-order valence-electron chi connectivity index (χ0n) is 24.2. The van der Waals surface area contributed by atoms with Crippen molar-refractivity contribution in [2.75, 3.05) is 19.6 Å². The minimum atomic E-state index is -5.08. The molecular formula is C31H37F3N4O5. The number of nitrogens with zero attached hydrogens (tertiary/aromatic N) is 3. The second kappa shape index (κ2) is 14.1. The van der Waals surface area contributed by atoms with Gasteiger partial charge in [0.1, 0.15) is 11.8 Å². The van der Waals surface area contributed by atoms with Gasteiger partial charge >= 0.3 is 12.1 Å². The minimum absolute atomic E-state index is 0.124. The number of halogens is 3. The number of carbonyl (C=O) groups is 3. The van der Waals surface area contributed by atoms with Crippen LogP contribution in [-0.2, 0) is 14.4 Å². The van der Waals surface area contributed by atoms with Crippen molar-refractivity contribution in [2.45, 2.75) is 76.9 Å². The Morgan fingerprint density at radius 2 is 1.65 bits per heavy atom. The molecule has 1 aromatic heterocycles. The standard InChI is InChI=1S/C29H36N4O3.C2HF3O2/c1-2-24(34)10-4-3-5-11-25(30-28(35)29-14-17-33(18-15-29)19-16-29)27-32-31-26(36-27)23-13-12-21-8-6-7-9-22(21)20-23;3-2(4,5)1(6)7/h6-9,12-13,20,25H,2-5,10-11,14-19H2,1H3,(H,30,35);(H,6,7)/t25-;/m0./s1. The first kappa shape index (κ1) is 32.1. The van der Waals surface area contributed by atoms with Crippen LogP contribution in [0.5, 0.6) is 0 Å². The third kappa shape index (κ3) is 8.40. The second-order valence-corrected chi connectivity index (χ2v) is 11.2. The molecule has 2 aromatic carbocycles. The Hall–Kier alpha value is -3.80. The summed E-state index contributed by atoms with van der Waals surface area (Å²) in [4.78, 5) is 36.5. The third-order valence-corrected chi connectivity index (χ3v) is 8.33. The molecule has 12 heteroatoms. The Morgan fingerprint density at radius 1 is 1.00 bits per heavy atom. The summed E-state index contributed by atoms with van der Waals surface area (Å²) in [7, 11) is 0. The van der Waals surface area contributed by atoms with Gasteiger partial charge in [-0.05, 0) is 74.6 Å². The summed E-state index contributed by atoms with van der Waals surface area (Å²) in [6.45, 7) is 4.90. The lowest BCUT2D eigenvalue weighted by Gasteiger charge is -2.47. The molecule has 3 aliphatic rings. The number of aliphatic carboxylic acids is 1. The first-order chi connectivity index (χ1) is 20.5. The lowest BCUT2D eigenvalue weighted by molar-refractivity contribution is -0.192. The lowest BCUT2D eigenvalue weighted by atomic mass is 9.71. The quantitative estimate of drug-likeness (QED) is 0.253. The van der Waals surface area contributed by atoms with Gasteiger partial charge in [-0.25, -0.2) is 4.79 Å². The van der Waals surface area contributed by atoms with E-state index < -0.39 is 12.1 Å². The van der Waals surface area contributed by atoms with Gasteiger partial charge in [0.2, 0.25) is 17.7 Å². The van der Waals surface area contributed by atoms with Gasteiger partial charge in [-0.3, -0.25) is 9.59 Å². The molecule has 3 saturated heterocycles. The summed E-state index contributed by atoms with van der Waals surface area (Å²) < 4.78 is 37.9. The molecule has 3 aliphatic heterocycles. The van der Waals surface area contributed by atoms with Gasteiger partial charge in [0.15, 0.2) is 0 Å². The predicted octanol–water partition coefficient (Wildman–Crippen LogP) is 6.10. The van der Waals surface area contributed by atoms with Crippen LogP contribution in [0.4, 0.5) is 13.2 Å². The fourth-order valence-electron chi connectivity index (χ4n) is 5.57. The van der Waals surface area contributed by atoms with E-state index in [1.165, 1.54) is 0 Å². The zero-order valence-corrected chi connectivity index (χ0v) is 24.2. The van der Waals surface area contributed by atoms with Crippen molar-refractivity contribution in [1.82, 2.24) is 20.4 Å². The van der Waals surface area contributed by atoms with Gasteiger partial charge in [0.05, 0.1) is 5.41 Å². The van der Waals surface area contributed by atoms with E-state index in [9.17, 15) is 22.8 Å². The van der Waals surface area contributed by atoms with E-state index in [4.69, 9.17) is 14.3 Å². The molecule has 1 atom stereocenters. The zero-order chi connectivity index (χ0) is 31.0. The van der Waals surface area contributed by atoms with Crippen molar-refractivity contribution < 1.29 is 37.1 Å². The second-order valence-electron chi connectivity index (χ2n) is 11.2. The molecule has 9 nitrogen and oxygen atoms in total. The number of amides is 1. The number of hydrogen-bond donors (Lipinski definition) is 2. The van der Waals surface area contributed by atoms with Gasteiger partial charge in [-0.2, -0.15) is 13.2 Å². The number of carboxylic acids is 1. The molecule has 0 spiro atoms. The SMILES string of the molecule is CCC(=O)CCCCC[C@H](NC(=O)C12CCN(CC1)CC2)c1nnc(-c2ccc3ccccc3c2)o1.O=C(O)C(F)(F)F. The number of rotatable bonds is 11. The molecule has 232 valence electrons.